The molecular weight excluding hydrogens is 336 g/mol. The van der Waals surface area contributed by atoms with E-state index in [2.05, 4.69) is 15.4 Å². The Morgan fingerprint density at radius 3 is 2.68 bits per heavy atom. The fourth-order valence-electron chi connectivity index (χ4n) is 2.71. The van der Waals surface area contributed by atoms with E-state index < -0.39 is 0 Å². The molecule has 25 heavy (non-hydrogen) atoms. The number of carbonyl (C=O) groups is 1. The summed E-state index contributed by atoms with van der Waals surface area (Å²) in [7, 11) is 0. The molecule has 1 aromatic carbocycles. The smallest absolute Gasteiger partial charge is 0.242 e. The van der Waals surface area contributed by atoms with Gasteiger partial charge in [0.25, 0.3) is 0 Å². The Kier molecular flexibility index (Phi) is 5.46. The molecule has 0 saturated carbocycles. The first-order valence-electron chi connectivity index (χ1n) is 8.14. The van der Waals surface area contributed by atoms with E-state index in [9.17, 15) is 4.79 Å². The van der Waals surface area contributed by atoms with Gasteiger partial charge in [-0.25, -0.2) is 0 Å². The second kappa shape index (κ2) is 7.94. The molecule has 3 rings (SSSR count). The maximum atomic E-state index is 12.5. The van der Waals surface area contributed by atoms with Crippen LogP contribution in [0.5, 0.6) is 0 Å². The number of aromatic nitrogens is 3. The van der Waals surface area contributed by atoms with Crippen molar-refractivity contribution in [3.8, 4) is 11.3 Å². The SMILES string of the molecule is CCC(NC(=O)Cn1nccc1-c1cccnc1)c1ccc(Cl)cc1. The Morgan fingerprint density at radius 2 is 2.00 bits per heavy atom. The average Bonchev–Trinajstić information content (AvgIpc) is 3.09. The summed E-state index contributed by atoms with van der Waals surface area (Å²) in [6.07, 6.45) is 5.96. The predicted molar refractivity (Wildman–Crippen MR) is 98.1 cm³/mol. The number of hydrogen-bond donors (Lipinski definition) is 1. The summed E-state index contributed by atoms with van der Waals surface area (Å²) >= 11 is 5.93. The molecule has 0 spiro atoms. The number of halogens is 1. The highest BCUT2D eigenvalue weighted by Gasteiger charge is 2.15. The number of hydrogen-bond acceptors (Lipinski definition) is 3. The van der Waals surface area contributed by atoms with Gasteiger partial charge < -0.3 is 5.32 Å². The van der Waals surface area contributed by atoms with Crippen LogP contribution in [-0.4, -0.2) is 20.7 Å². The van der Waals surface area contributed by atoms with Crippen LogP contribution in [-0.2, 0) is 11.3 Å². The highest BCUT2D eigenvalue weighted by molar-refractivity contribution is 6.30. The second-order valence-electron chi connectivity index (χ2n) is 5.70. The quantitative estimate of drug-likeness (QED) is 0.731. The van der Waals surface area contributed by atoms with Gasteiger partial charge >= 0.3 is 0 Å². The molecule has 1 amide bonds. The van der Waals surface area contributed by atoms with Crippen molar-refractivity contribution in [2.24, 2.45) is 0 Å². The van der Waals surface area contributed by atoms with Crippen molar-refractivity contribution in [1.29, 1.82) is 0 Å². The number of benzene rings is 1. The third-order valence-corrected chi connectivity index (χ3v) is 4.24. The van der Waals surface area contributed by atoms with Crippen LogP contribution in [0, 0.1) is 0 Å². The first-order chi connectivity index (χ1) is 12.2. The average molecular weight is 355 g/mol. The summed E-state index contributed by atoms with van der Waals surface area (Å²) < 4.78 is 1.68. The van der Waals surface area contributed by atoms with Gasteiger partial charge in [-0.1, -0.05) is 30.7 Å². The van der Waals surface area contributed by atoms with E-state index in [1.807, 2.05) is 49.4 Å². The largest absolute Gasteiger partial charge is 0.348 e. The van der Waals surface area contributed by atoms with Gasteiger partial charge in [-0.15, -0.1) is 0 Å². The van der Waals surface area contributed by atoms with E-state index in [0.29, 0.717) is 5.02 Å². The van der Waals surface area contributed by atoms with Crippen molar-refractivity contribution in [1.82, 2.24) is 20.1 Å². The van der Waals surface area contributed by atoms with Crippen molar-refractivity contribution in [2.75, 3.05) is 0 Å². The summed E-state index contributed by atoms with van der Waals surface area (Å²) in [5.41, 5.74) is 2.83. The van der Waals surface area contributed by atoms with Crippen LogP contribution in [0.4, 0.5) is 0 Å². The maximum absolute atomic E-state index is 12.5. The lowest BCUT2D eigenvalue weighted by atomic mass is 10.0. The van der Waals surface area contributed by atoms with Gasteiger partial charge in [0.05, 0.1) is 11.7 Å². The van der Waals surface area contributed by atoms with Crippen LogP contribution in [0.2, 0.25) is 5.02 Å². The molecule has 6 heteroatoms. The molecule has 0 aliphatic rings. The number of pyridine rings is 1. The van der Waals surface area contributed by atoms with Gasteiger partial charge in [0.1, 0.15) is 6.54 Å². The Morgan fingerprint density at radius 1 is 1.20 bits per heavy atom. The van der Waals surface area contributed by atoms with Gasteiger partial charge in [-0.2, -0.15) is 5.10 Å². The molecule has 0 radical (unpaired) electrons. The molecule has 0 aliphatic carbocycles. The molecule has 1 atom stereocenters. The molecular formula is C19H19ClN4O. The van der Waals surface area contributed by atoms with Crippen LogP contribution in [0.25, 0.3) is 11.3 Å². The van der Waals surface area contributed by atoms with E-state index >= 15 is 0 Å². The Bertz CT molecular complexity index is 830. The molecule has 0 saturated heterocycles. The third kappa shape index (κ3) is 4.25. The van der Waals surface area contributed by atoms with Crippen molar-refractivity contribution in [2.45, 2.75) is 25.9 Å². The number of nitrogens with one attached hydrogen (secondary N) is 1. The number of nitrogens with zero attached hydrogens (tertiary/aromatic N) is 3. The first-order valence-corrected chi connectivity index (χ1v) is 8.52. The molecule has 0 bridgehead atoms. The van der Waals surface area contributed by atoms with E-state index in [-0.39, 0.29) is 18.5 Å². The standard InChI is InChI=1S/C19H19ClN4O/c1-2-17(14-5-7-16(20)8-6-14)23-19(25)13-24-18(9-11-22-24)15-4-3-10-21-12-15/h3-12,17H,2,13H2,1H3,(H,23,25). The lowest BCUT2D eigenvalue weighted by molar-refractivity contribution is -0.122. The van der Waals surface area contributed by atoms with Crippen LogP contribution in [0.1, 0.15) is 24.9 Å². The minimum absolute atomic E-state index is 0.0535. The van der Waals surface area contributed by atoms with Crippen molar-refractivity contribution < 1.29 is 4.79 Å². The van der Waals surface area contributed by atoms with Crippen molar-refractivity contribution in [3.05, 3.63) is 71.6 Å². The highest BCUT2D eigenvalue weighted by Crippen LogP contribution is 2.20. The summed E-state index contributed by atoms with van der Waals surface area (Å²) in [5, 5.41) is 8.00. The van der Waals surface area contributed by atoms with Crippen molar-refractivity contribution >= 4 is 17.5 Å². The van der Waals surface area contributed by atoms with Gasteiger partial charge in [0.15, 0.2) is 0 Å². The van der Waals surface area contributed by atoms with Gasteiger partial charge in [-0.3, -0.25) is 14.5 Å². The number of amides is 1. The van der Waals surface area contributed by atoms with Crippen LogP contribution < -0.4 is 5.32 Å². The zero-order chi connectivity index (χ0) is 17.6. The molecule has 2 heterocycles. The Labute approximate surface area is 151 Å². The van der Waals surface area contributed by atoms with Gasteiger partial charge in [0, 0.05) is 29.2 Å². The lowest BCUT2D eigenvalue weighted by Gasteiger charge is -2.18. The molecule has 2 aromatic heterocycles. The lowest BCUT2D eigenvalue weighted by Crippen LogP contribution is -2.31. The van der Waals surface area contributed by atoms with Gasteiger partial charge in [0.2, 0.25) is 5.91 Å². The topological polar surface area (TPSA) is 59.8 Å². The molecule has 0 aliphatic heterocycles. The molecule has 3 aromatic rings. The van der Waals surface area contributed by atoms with Crippen molar-refractivity contribution in [3.63, 3.8) is 0 Å². The van der Waals surface area contributed by atoms with E-state index in [0.717, 1.165) is 23.2 Å². The predicted octanol–water partition coefficient (Wildman–Crippen LogP) is 3.87. The highest BCUT2D eigenvalue weighted by atomic mass is 35.5. The summed E-state index contributed by atoms with van der Waals surface area (Å²) in [4.78, 5) is 16.6. The maximum Gasteiger partial charge on any atom is 0.242 e. The fourth-order valence-corrected chi connectivity index (χ4v) is 2.84. The monoisotopic (exact) mass is 354 g/mol. The summed E-state index contributed by atoms with van der Waals surface area (Å²) in [6, 6.07) is 13.2. The molecule has 5 nitrogen and oxygen atoms in total. The molecule has 1 unspecified atom stereocenters. The Hall–Kier alpha value is -2.66. The second-order valence-corrected chi connectivity index (χ2v) is 6.13. The molecule has 1 N–H and O–H groups in total. The fraction of sp³-hybridized carbons (Fsp3) is 0.211. The minimum Gasteiger partial charge on any atom is -0.348 e. The van der Waals surface area contributed by atoms with Crippen LogP contribution >= 0.6 is 11.6 Å². The minimum atomic E-state index is -0.0874. The van der Waals surface area contributed by atoms with E-state index in [4.69, 9.17) is 11.6 Å². The first kappa shape index (κ1) is 17.2. The number of carbonyl (C=O) groups excluding carboxylic acids is 1. The van der Waals surface area contributed by atoms with Crippen LogP contribution in [0.15, 0.2) is 61.1 Å². The third-order valence-electron chi connectivity index (χ3n) is 3.98. The number of rotatable bonds is 6. The molecule has 128 valence electrons. The Balaban J connectivity index is 1.70. The summed E-state index contributed by atoms with van der Waals surface area (Å²) in [5.74, 6) is -0.0874. The van der Waals surface area contributed by atoms with E-state index in [1.165, 1.54) is 0 Å². The van der Waals surface area contributed by atoms with Gasteiger partial charge in [-0.05, 0) is 42.3 Å². The zero-order valence-electron chi connectivity index (χ0n) is 13.9. The molecule has 0 fully saturated rings. The summed E-state index contributed by atoms with van der Waals surface area (Å²) in [6.45, 7) is 2.19. The van der Waals surface area contributed by atoms with E-state index in [1.54, 1.807) is 23.3 Å². The van der Waals surface area contributed by atoms with Crippen LogP contribution in [0.3, 0.4) is 0 Å². The zero-order valence-corrected chi connectivity index (χ0v) is 14.6. The normalized spacial score (nSPS) is 11.9.